The Morgan fingerprint density at radius 3 is 2.42 bits per heavy atom. The minimum atomic E-state index is -0.173. The lowest BCUT2D eigenvalue weighted by Gasteiger charge is -2.66. The second-order valence-electron chi connectivity index (χ2n) is 14.2. The van der Waals surface area contributed by atoms with Crippen LogP contribution < -0.4 is 0 Å². The molecule has 0 bridgehead atoms. The van der Waals surface area contributed by atoms with Gasteiger partial charge >= 0.3 is 5.97 Å². The van der Waals surface area contributed by atoms with Gasteiger partial charge in [-0.15, -0.1) is 11.6 Å². The van der Waals surface area contributed by atoms with Crippen molar-refractivity contribution in [3.8, 4) is 0 Å². The summed E-state index contributed by atoms with van der Waals surface area (Å²) >= 11 is 14.6. The maximum Gasteiger partial charge on any atom is 0.307 e. The minimum Gasteiger partial charge on any atom is -0.462 e. The van der Waals surface area contributed by atoms with Crippen LogP contribution in [-0.4, -0.2) is 26.6 Å². The number of carbonyl (C=O) groups excluding carboxylic acids is 1. The Hall–Kier alpha value is 0.720. The van der Waals surface area contributed by atoms with E-state index < -0.39 is 0 Å². The highest BCUT2D eigenvalue weighted by Crippen LogP contribution is 2.71. The fourth-order valence-electron chi connectivity index (χ4n) is 9.74. The van der Waals surface area contributed by atoms with Gasteiger partial charge in [0.05, 0.1) is 6.42 Å². The van der Waals surface area contributed by atoms with E-state index in [1.807, 2.05) is 6.92 Å². The molecule has 4 aliphatic carbocycles. The summed E-state index contributed by atoms with van der Waals surface area (Å²) in [5, 5.41) is -0.173. The number of alkyl halides is 3. The lowest BCUT2D eigenvalue weighted by Crippen LogP contribution is -2.64. The summed E-state index contributed by atoms with van der Waals surface area (Å²) < 4.78 is 5.92. The largest absolute Gasteiger partial charge is 0.462 e. The van der Waals surface area contributed by atoms with E-state index in [9.17, 15) is 4.79 Å². The molecule has 0 aromatic carbocycles. The van der Waals surface area contributed by atoms with Crippen LogP contribution in [0.5, 0.6) is 0 Å². The second-order valence-corrected chi connectivity index (χ2v) is 17.5. The highest BCUT2D eigenvalue weighted by atomic mass is 79.9. The van der Waals surface area contributed by atoms with E-state index in [2.05, 4.69) is 66.5 Å². The molecule has 0 aromatic heterocycles. The minimum absolute atomic E-state index is 0.00614. The van der Waals surface area contributed by atoms with Crippen LogP contribution in [0.3, 0.4) is 0 Å². The van der Waals surface area contributed by atoms with Crippen molar-refractivity contribution >= 4 is 49.4 Å². The van der Waals surface area contributed by atoms with E-state index >= 15 is 0 Å². The Morgan fingerprint density at radius 2 is 1.75 bits per heavy atom. The highest BCUT2D eigenvalue weighted by molar-refractivity contribution is 9.12. The number of carbonyl (C=O) groups is 1. The number of ether oxygens (including phenoxy) is 1. The van der Waals surface area contributed by atoms with E-state index in [1.54, 1.807) is 0 Å². The molecular formula is C31H51Br2ClO2. The Bertz CT molecular complexity index is 789. The predicted molar refractivity (Wildman–Crippen MR) is 159 cm³/mol. The maximum atomic E-state index is 12.4. The normalized spacial score (nSPS) is 45.9. The molecule has 0 N–H and O–H groups in total. The average molecular weight is 651 g/mol. The first kappa shape index (κ1) is 29.7. The molecule has 36 heavy (non-hydrogen) atoms. The van der Waals surface area contributed by atoms with Crippen molar-refractivity contribution < 1.29 is 9.53 Å². The zero-order chi connectivity index (χ0) is 26.5. The standard InChI is InChI=1S/C31H51Br2ClO2/c1-19(2)8-7-9-20(3)24-10-11-25-23-17-27(32)31(33)18-22(36-28(35)16-21(4)34)12-15-30(31,6)26(23)13-14-29(24,25)5/h19-27H,7-18H2,1-6H3. The monoisotopic (exact) mass is 648 g/mol. The van der Waals surface area contributed by atoms with Crippen molar-refractivity contribution in [1.29, 1.82) is 0 Å². The van der Waals surface area contributed by atoms with Crippen molar-refractivity contribution in [3.63, 3.8) is 0 Å². The van der Waals surface area contributed by atoms with Crippen molar-refractivity contribution in [2.75, 3.05) is 0 Å². The molecule has 2 nitrogen and oxygen atoms in total. The van der Waals surface area contributed by atoms with Gasteiger partial charge in [-0.3, -0.25) is 4.79 Å². The van der Waals surface area contributed by atoms with E-state index in [0.29, 0.717) is 16.7 Å². The van der Waals surface area contributed by atoms with Gasteiger partial charge in [0.2, 0.25) is 0 Å². The van der Waals surface area contributed by atoms with E-state index in [0.717, 1.165) is 54.8 Å². The Balaban J connectivity index is 1.47. The zero-order valence-electron chi connectivity index (χ0n) is 23.6. The molecule has 0 spiro atoms. The summed E-state index contributed by atoms with van der Waals surface area (Å²) in [6.07, 6.45) is 14.4. The molecule has 11 unspecified atom stereocenters. The summed E-state index contributed by atoms with van der Waals surface area (Å²) in [4.78, 5) is 12.8. The Morgan fingerprint density at radius 1 is 1.03 bits per heavy atom. The van der Waals surface area contributed by atoms with Crippen LogP contribution >= 0.6 is 43.5 Å². The first-order valence-corrected chi connectivity index (χ1v) is 17.1. The smallest absolute Gasteiger partial charge is 0.307 e. The molecule has 4 aliphatic rings. The van der Waals surface area contributed by atoms with Crippen LogP contribution in [0.25, 0.3) is 0 Å². The third-order valence-electron chi connectivity index (χ3n) is 11.6. The molecule has 0 saturated heterocycles. The van der Waals surface area contributed by atoms with Gasteiger partial charge in [-0.1, -0.05) is 85.7 Å². The average Bonchev–Trinajstić information content (AvgIpc) is 3.12. The Labute approximate surface area is 243 Å². The van der Waals surface area contributed by atoms with Gasteiger partial charge in [0.25, 0.3) is 0 Å². The lowest BCUT2D eigenvalue weighted by molar-refractivity contribution is -0.158. The zero-order valence-corrected chi connectivity index (χ0v) is 27.6. The first-order valence-electron chi connectivity index (χ1n) is 15.0. The van der Waals surface area contributed by atoms with Crippen LogP contribution in [0.1, 0.15) is 119 Å². The fourth-order valence-corrected chi connectivity index (χ4v) is 12.0. The predicted octanol–water partition coefficient (Wildman–Crippen LogP) is 9.93. The van der Waals surface area contributed by atoms with E-state index in [1.165, 1.54) is 51.4 Å². The number of halogens is 3. The van der Waals surface area contributed by atoms with Crippen molar-refractivity contribution in [2.24, 2.45) is 46.3 Å². The van der Waals surface area contributed by atoms with Crippen LogP contribution in [0, 0.1) is 46.3 Å². The molecular weight excluding hydrogens is 600 g/mol. The molecule has 0 aromatic rings. The second kappa shape index (κ2) is 11.3. The van der Waals surface area contributed by atoms with Crippen molar-refractivity contribution in [1.82, 2.24) is 0 Å². The van der Waals surface area contributed by atoms with Gasteiger partial charge in [-0.2, -0.15) is 0 Å². The molecule has 0 heterocycles. The summed E-state index contributed by atoms with van der Waals surface area (Å²) in [5.41, 5.74) is 0.744. The van der Waals surface area contributed by atoms with Gasteiger partial charge in [0.1, 0.15) is 6.10 Å². The molecule has 0 amide bonds. The number of fused-ring (bicyclic) bond motifs is 5. The molecule has 0 aliphatic heterocycles. The van der Waals surface area contributed by atoms with Gasteiger partial charge in [-0.05, 0) is 98.2 Å². The number of hydrogen-bond donors (Lipinski definition) is 0. The van der Waals surface area contributed by atoms with Gasteiger partial charge in [0, 0.05) is 20.9 Å². The van der Waals surface area contributed by atoms with Crippen molar-refractivity contribution in [2.45, 2.75) is 139 Å². The summed E-state index contributed by atoms with van der Waals surface area (Å²) in [7, 11) is 0. The fraction of sp³-hybridized carbons (Fsp3) is 0.968. The number of esters is 1. The summed E-state index contributed by atoms with van der Waals surface area (Å²) in [6.45, 7) is 14.4. The Kier molecular flexibility index (Phi) is 9.32. The molecule has 0 radical (unpaired) electrons. The number of hydrogen-bond acceptors (Lipinski definition) is 2. The quantitative estimate of drug-likeness (QED) is 0.193. The van der Waals surface area contributed by atoms with E-state index in [4.69, 9.17) is 16.3 Å². The lowest BCUT2D eigenvalue weighted by atomic mass is 9.44. The van der Waals surface area contributed by atoms with Gasteiger partial charge in [-0.25, -0.2) is 0 Å². The van der Waals surface area contributed by atoms with Crippen LogP contribution in [-0.2, 0) is 9.53 Å². The third-order valence-corrected chi connectivity index (χ3v) is 15.3. The molecule has 208 valence electrons. The first-order chi connectivity index (χ1) is 16.8. The molecule has 4 fully saturated rings. The molecule has 4 saturated carbocycles. The molecule has 4 rings (SSSR count). The third kappa shape index (κ3) is 5.37. The molecule has 5 heteroatoms. The summed E-state index contributed by atoms with van der Waals surface area (Å²) in [5.74, 6) is 4.87. The number of rotatable bonds is 8. The topological polar surface area (TPSA) is 26.3 Å². The van der Waals surface area contributed by atoms with Crippen LogP contribution in [0.2, 0.25) is 0 Å². The van der Waals surface area contributed by atoms with Gasteiger partial charge in [0.15, 0.2) is 0 Å². The van der Waals surface area contributed by atoms with Gasteiger partial charge < -0.3 is 4.74 Å². The van der Waals surface area contributed by atoms with E-state index in [-0.39, 0.29) is 27.2 Å². The highest BCUT2D eigenvalue weighted by Gasteiger charge is 2.67. The van der Waals surface area contributed by atoms with Crippen LogP contribution in [0.15, 0.2) is 0 Å². The SMILES string of the molecule is CC(C)CCCC(C)C1CCC2C3CC(Br)C4(Br)CC(OC(=O)CC(C)Cl)CCC4(C)C3CCC12C. The maximum absolute atomic E-state index is 12.4. The summed E-state index contributed by atoms with van der Waals surface area (Å²) in [6, 6.07) is 0. The van der Waals surface area contributed by atoms with Crippen molar-refractivity contribution in [3.05, 3.63) is 0 Å². The van der Waals surface area contributed by atoms with Crippen LogP contribution in [0.4, 0.5) is 0 Å². The molecule has 11 atom stereocenters.